The highest BCUT2D eigenvalue weighted by Crippen LogP contribution is 2.31. The van der Waals surface area contributed by atoms with E-state index in [0.717, 1.165) is 42.8 Å². The summed E-state index contributed by atoms with van der Waals surface area (Å²) in [6.07, 6.45) is 0. The number of hydrogen-bond donors (Lipinski definition) is 3. The fraction of sp³-hybridized carbons (Fsp3) is 0.375. The van der Waals surface area contributed by atoms with E-state index in [2.05, 4.69) is 28.1 Å². The van der Waals surface area contributed by atoms with Crippen LogP contribution in [-0.2, 0) is 5.75 Å². The van der Waals surface area contributed by atoms with E-state index in [1.807, 2.05) is 17.8 Å². The van der Waals surface area contributed by atoms with Crippen LogP contribution in [0.15, 0.2) is 42.5 Å². The van der Waals surface area contributed by atoms with E-state index in [1.54, 1.807) is 35.6 Å². The van der Waals surface area contributed by atoms with E-state index >= 15 is 0 Å². The zero-order valence-corrected chi connectivity index (χ0v) is 20.8. The predicted molar refractivity (Wildman–Crippen MR) is 138 cm³/mol. The Morgan fingerprint density at radius 3 is 2.67 bits per heavy atom. The molecule has 6 nitrogen and oxygen atoms in total. The second-order valence-corrected chi connectivity index (χ2v) is 11.2. The Morgan fingerprint density at radius 2 is 1.94 bits per heavy atom. The lowest BCUT2D eigenvalue weighted by molar-refractivity contribution is 0.0932. The number of hydrogen-bond acceptors (Lipinski definition) is 7. The number of nitrogens with one attached hydrogen (secondary N) is 1. The monoisotopic (exact) mass is 505 g/mol. The van der Waals surface area contributed by atoms with E-state index in [1.165, 1.54) is 10.9 Å². The minimum atomic E-state index is -0.310. The standard InChI is InChI=1S/C24H28ClN3O3S2/c1-16(32-15-18-5-6-23(25)33-18)28-11-9-27(10-12-28)8-7-26-24(31)20-13-17-3-2-4-21(29)19(17)14-22(20)30/h2-6,13-14,16,29-30H,7-12,15H2,1H3,(H,26,31). The maximum atomic E-state index is 12.6. The minimum Gasteiger partial charge on any atom is -0.507 e. The molecule has 3 aromatic rings. The molecule has 1 saturated heterocycles. The molecule has 0 radical (unpaired) electrons. The summed E-state index contributed by atoms with van der Waals surface area (Å²) >= 11 is 9.60. The maximum Gasteiger partial charge on any atom is 0.255 e. The molecule has 1 aliphatic rings. The van der Waals surface area contributed by atoms with Gasteiger partial charge in [0.2, 0.25) is 0 Å². The Balaban J connectivity index is 1.20. The molecule has 9 heteroatoms. The van der Waals surface area contributed by atoms with Crippen LogP contribution in [0, 0.1) is 0 Å². The van der Waals surface area contributed by atoms with Crippen molar-refractivity contribution >= 4 is 51.4 Å². The third kappa shape index (κ3) is 6.13. The quantitative estimate of drug-likeness (QED) is 0.415. The lowest BCUT2D eigenvalue weighted by Gasteiger charge is -2.37. The normalized spacial score (nSPS) is 16.2. The molecular formula is C24H28ClN3O3S2. The number of rotatable bonds is 8. The zero-order valence-electron chi connectivity index (χ0n) is 18.5. The molecule has 33 heavy (non-hydrogen) atoms. The fourth-order valence-electron chi connectivity index (χ4n) is 3.99. The first-order valence-electron chi connectivity index (χ1n) is 11.0. The Kier molecular flexibility index (Phi) is 8.03. The molecule has 4 rings (SSSR count). The highest BCUT2D eigenvalue weighted by molar-refractivity contribution is 7.99. The van der Waals surface area contributed by atoms with Gasteiger partial charge in [0.05, 0.1) is 15.3 Å². The van der Waals surface area contributed by atoms with Gasteiger partial charge in [-0.25, -0.2) is 0 Å². The Hall–Kier alpha value is -1.97. The molecule has 1 unspecified atom stereocenters. The molecule has 1 aliphatic heterocycles. The topological polar surface area (TPSA) is 76.0 Å². The van der Waals surface area contributed by atoms with E-state index < -0.39 is 0 Å². The molecule has 3 N–H and O–H groups in total. The molecule has 1 fully saturated rings. The van der Waals surface area contributed by atoms with Gasteiger partial charge in [-0.2, -0.15) is 0 Å². The highest BCUT2D eigenvalue weighted by atomic mass is 35.5. The van der Waals surface area contributed by atoms with Gasteiger partial charge in [0.15, 0.2) is 0 Å². The number of aromatic hydroxyl groups is 2. The van der Waals surface area contributed by atoms with Crippen molar-refractivity contribution in [3.05, 3.63) is 57.2 Å². The van der Waals surface area contributed by atoms with Crippen LogP contribution in [0.5, 0.6) is 11.5 Å². The average molecular weight is 506 g/mol. The fourth-order valence-corrected chi connectivity index (χ4v) is 6.24. The number of carbonyl (C=O) groups excluding carboxylic acids is 1. The van der Waals surface area contributed by atoms with E-state index in [4.69, 9.17) is 11.6 Å². The molecule has 0 aliphatic carbocycles. The zero-order chi connectivity index (χ0) is 23.4. The SMILES string of the molecule is CC(SCc1ccc(Cl)s1)N1CCN(CCNC(=O)c2cc3cccc(O)c3cc2O)CC1. The summed E-state index contributed by atoms with van der Waals surface area (Å²) < 4.78 is 0.842. The Labute approximate surface area is 207 Å². The largest absolute Gasteiger partial charge is 0.507 e. The first-order chi connectivity index (χ1) is 15.9. The van der Waals surface area contributed by atoms with Crippen LogP contribution >= 0.6 is 34.7 Å². The summed E-state index contributed by atoms with van der Waals surface area (Å²) in [5.74, 6) is 0.616. The third-order valence-electron chi connectivity index (χ3n) is 5.95. The number of phenols is 2. The first-order valence-corrected chi connectivity index (χ1v) is 13.2. The molecule has 1 aromatic heterocycles. The number of halogens is 1. The second-order valence-electron chi connectivity index (χ2n) is 8.12. The Morgan fingerprint density at radius 1 is 1.15 bits per heavy atom. The van der Waals surface area contributed by atoms with Crippen molar-refractivity contribution in [1.82, 2.24) is 15.1 Å². The number of nitrogens with zero attached hydrogens (tertiary/aromatic N) is 2. The van der Waals surface area contributed by atoms with Crippen LogP contribution in [0.25, 0.3) is 10.8 Å². The van der Waals surface area contributed by atoms with Gasteiger partial charge < -0.3 is 15.5 Å². The number of fused-ring (bicyclic) bond motifs is 1. The van der Waals surface area contributed by atoms with Crippen molar-refractivity contribution in [3.8, 4) is 11.5 Å². The lowest BCUT2D eigenvalue weighted by Crippen LogP contribution is -2.50. The molecule has 0 bridgehead atoms. The summed E-state index contributed by atoms with van der Waals surface area (Å²) in [5.41, 5.74) is 0.218. The minimum absolute atomic E-state index is 0.0811. The van der Waals surface area contributed by atoms with Crippen LogP contribution in [0.3, 0.4) is 0 Å². The Bertz CT molecular complexity index is 1120. The van der Waals surface area contributed by atoms with E-state index in [-0.39, 0.29) is 23.0 Å². The maximum absolute atomic E-state index is 12.6. The van der Waals surface area contributed by atoms with Crippen LogP contribution in [-0.4, -0.2) is 70.6 Å². The van der Waals surface area contributed by atoms with Crippen molar-refractivity contribution in [1.29, 1.82) is 0 Å². The van der Waals surface area contributed by atoms with Crippen molar-refractivity contribution < 1.29 is 15.0 Å². The van der Waals surface area contributed by atoms with Crippen LogP contribution in [0.2, 0.25) is 4.34 Å². The number of piperazine rings is 1. The summed E-state index contributed by atoms with van der Waals surface area (Å²) in [4.78, 5) is 18.8. The summed E-state index contributed by atoms with van der Waals surface area (Å²) in [6.45, 7) is 7.47. The first kappa shape index (κ1) is 24.2. The molecule has 0 saturated carbocycles. The molecule has 1 amide bonds. The number of amides is 1. The average Bonchev–Trinajstić information content (AvgIpc) is 3.23. The highest BCUT2D eigenvalue weighted by Gasteiger charge is 2.21. The molecule has 176 valence electrons. The van der Waals surface area contributed by atoms with Crippen molar-refractivity contribution in [3.63, 3.8) is 0 Å². The van der Waals surface area contributed by atoms with Crippen LogP contribution < -0.4 is 5.32 Å². The van der Waals surface area contributed by atoms with Gasteiger partial charge >= 0.3 is 0 Å². The number of thioether (sulfide) groups is 1. The van der Waals surface area contributed by atoms with Gasteiger partial charge in [0, 0.05) is 55.3 Å². The van der Waals surface area contributed by atoms with Crippen molar-refractivity contribution in [2.24, 2.45) is 0 Å². The summed E-state index contributed by atoms with van der Waals surface area (Å²) in [6, 6.07) is 12.2. The van der Waals surface area contributed by atoms with Gasteiger partial charge in [-0.3, -0.25) is 14.6 Å². The van der Waals surface area contributed by atoms with Gasteiger partial charge in [-0.15, -0.1) is 23.1 Å². The van der Waals surface area contributed by atoms with Crippen molar-refractivity contribution in [2.45, 2.75) is 18.1 Å². The number of carbonyl (C=O) groups is 1. The lowest BCUT2D eigenvalue weighted by atomic mass is 10.0. The van der Waals surface area contributed by atoms with E-state index in [0.29, 0.717) is 22.7 Å². The molecule has 2 heterocycles. The summed E-state index contributed by atoms with van der Waals surface area (Å²) in [5, 5.41) is 24.8. The third-order valence-corrected chi connectivity index (χ3v) is 8.62. The number of benzene rings is 2. The summed E-state index contributed by atoms with van der Waals surface area (Å²) in [7, 11) is 0. The van der Waals surface area contributed by atoms with Gasteiger partial charge in [0.25, 0.3) is 5.91 Å². The number of phenolic OH excluding ortho intramolecular Hbond substituents is 2. The van der Waals surface area contributed by atoms with Gasteiger partial charge in [0.1, 0.15) is 11.5 Å². The van der Waals surface area contributed by atoms with Crippen LogP contribution in [0.1, 0.15) is 22.2 Å². The van der Waals surface area contributed by atoms with Crippen molar-refractivity contribution in [2.75, 3.05) is 39.3 Å². The number of thiophene rings is 1. The smallest absolute Gasteiger partial charge is 0.255 e. The van der Waals surface area contributed by atoms with Crippen LogP contribution in [0.4, 0.5) is 0 Å². The molecule has 0 spiro atoms. The second kappa shape index (κ2) is 11.0. The molecule has 1 atom stereocenters. The predicted octanol–water partition coefficient (Wildman–Crippen LogP) is 4.59. The molecule has 2 aromatic carbocycles. The van der Waals surface area contributed by atoms with E-state index in [9.17, 15) is 15.0 Å². The van der Waals surface area contributed by atoms with Gasteiger partial charge in [-0.05, 0) is 42.6 Å². The molecular weight excluding hydrogens is 478 g/mol. The van der Waals surface area contributed by atoms with Gasteiger partial charge in [-0.1, -0.05) is 23.7 Å².